The van der Waals surface area contributed by atoms with Crippen LogP contribution in [0, 0.1) is 0 Å². The number of hydrogen-bond acceptors (Lipinski definition) is 5. The van der Waals surface area contributed by atoms with Crippen LogP contribution in [0.3, 0.4) is 0 Å². The molecular formula is C14H15N3O4. The predicted octanol–water partition coefficient (Wildman–Crippen LogP) is 2.68. The van der Waals surface area contributed by atoms with Gasteiger partial charge < -0.3 is 9.84 Å². The van der Waals surface area contributed by atoms with Gasteiger partial charge in [0.25, 0.3) is 0 Å². The number of hydrogen-bond donors (Lipinski definition) is 2. The van der Waals surface area contributed by atoms with Gasteiger partial charge in [0, 0.05) is 11.6 Å². The van der Waals surface area contributed by atoms with Crippen LogP contribution in [0.15, 0.2) is 24.4 Å². The largest absolute Gasteiger partial charge is 0.478 e. The normalized spacial score (nSPS) is 11.2. The van der Waals surface area contributed by atoms with Gasteiger partial charge in [-0.25, -0.2) is 19.6 Å². The molecule has 21 heavy (non-hydrogen) atoms. The SMILES string of the molecule is CC(C)(C)OC(=O)Nc1nc2ncccc2cc1C(=O)O. The van der Waals surface area contributed by atoms with Crippen molar-refractivity contribution in [1.29, 1.82) is 0 Å². The number of nitrogens with one attached hydrogen (secondary N) is 1. The minimum atomic E-state index is -1.20. The molecule has 0 unspecified atom stereocenters. The van der Waals surface area contributed by atoms with E-state index in [-0.39, 0.29) is 11.4 Å². The lowest BCUT2D eigenvalue weighted by atomic mass is 10.2. The standard InChI is InChI=1S/C14H15N3O4/c1-14(2,3)21-13(20)17-11-9(12(18)19)7-8-5-4-6-15-10(8)16-11/h4-7H,1-3H3,(H,18,19)(H,15,16,17,20). The van der Waals surface area contributed by atoms with Gasteiger partial charge in [0.2, 0.25) is 0 Å². The molecule has 0 bridgehead atoms. The molecule has 0 aromatic carbocycles. The summed E-state index contributed by atoms with van der Waals surface area (Å²) < 4.78 is 5.09. The van der Waals surface area contributed by atoms with Crippen LogP contribution in [-0.4, -0.2) is 32.7 Å². The number of nitrogens with zero attached hydrogens (tertiary/aromatic N) is 2. The Kier molecular flexibility index (Phi) is 3.75. The molecule has 110 valence electrons. The summed E-state index contributed by atoms with van der Waals surface area (Å²) in [4.78, 5) is 31.1. The van der Waals surface area contributed by atoms with E-state index in [1.165, 1.54) is 12.3 Å². The molecule has 1 amide bonds. The number of carbonyl (C=O) groups excluding carboxylic acids is 1. The molecule has 0 radical (unpaired) electrons. The fourth-order valence-corrected chi connectivity index (χ4v) is 1.66. The van der Waals surface area contributed by atoms with Crippen LogP contribution in [0.4, 0.5) is 10.6 Å². The maximum Gasteiger partial charge on any atom is 0.413 e. The molecule has 0 saturated carbocycles. The van der Waals surface area contributed by atoms with Crippen LogP contribution in [-0.2, 0) is 4.74 Å². The highest BCUT2D eigenvalue weighted by Crippen LogP contribution is 2.20. The lowest BCUT2D eigenvalue weighted by Crippen LogP contribution is -2.28. The van der Waals surface area contributed by atoms with Crippen molar-refractivity contribution in [2.45, 2.75) is 26.4 Å². The molecule has 0 aliphatic rings. The smallest absolute Gasteiger partial charge is 0.413 e. The summed E-state index contributed by atoms with van der Waals surface area (Å²) in [5.41, 5.74) is -0.474. The number of aromatic nitrogens is 2. The van der Waals surface area contributed by atoms with Gasteiger partial charge in [-0.05, 0) is 39.0 Å². The maximum absolute atomic E-state index is 11.8. The molecule has 0 aliphatic heterocycles. The summed E-state index contributed by atoms with van der Waals surface area (Å²) >= 11 is 0. The molecule has 2 aromatic rings. The van der Waals surface area contributed by atoms with E-state index >= 15 is 0 Å². The fourth-order valence-electron chi connectivity index (χ4n) is 1.66. The van der Waals surface area contributed by atoms with Crippen LogP contribution in [0.2, 0.25) is 0 Å². The van der Waals surface area contributed by atoms with E-state index in [4.69, 9.17) is 4.74 Å². The minimum Gasteiger partial charge on any atom is -0.478 e. The van der Waals surface area contributed by atoms with Crippen LogP contribution >= 0.6 is 0 Å². The van der Waals surface area contributed by atoms with E-state index in [1.54, 1.807) is 32.9 Å². The lowest BCUT2D eigenvalue weighted by molar-refractivity contribution is 0.0635. The van der Waals surface area contributed by atoms with E-state index in [2.05, 4.69) is 15.3 Å². The molecule has 2 aromatic heterocycles. The third-order valence-corrected chi connectivity index (χ3v) is 2.44. The summed E-state index contributed by atoms with van der Waals surface area (Å²) in [5.74, 6) is -1.29. The van der Waals surface area contributed by atoms with Crippen molar-refractivity contribution in [3.8, 4) is 0 Å². The Labute approximate surface area is 121 Å². The molecule has 2 rings (SSSR count). The second-order valence-electron chi connectivity index (χ2n) is 5.37. The van der Waals surface area contributed by atoms with Crippen molar-refractivity contribution >= 4 is 28.9 Å². The maximum atomic E-state index is 11.8. The quantitative estimate of drug-likeness (QED) is 0.881. The van der Waals surface area contributed by atoms with E-state index in [9.17, 15) is 14.7 Å². The number of carbonyl (C=O) groups is 2. The average molecular weight is 289 g/mol. The Morgan fingerprint density at radius 2 is 2.05 bits per heavy atom. The summed E-state index contributed by atoms with van der Waals surface area (Å²) in [7, 11) is 0. The molecule has 0 spiro atoms. The summed E-state index contributed by atoms with van der Waals surface area (Å²) in [6.45, 7) is 5.13. The zero-order valence-corrected chi connectivity index (χ0v) is 11.9. The van der Waals surface area contributed by atoms with E-state index in [0.717, 1.165) is 0 Å². The third kappa shape index (κ3) is 3.65. The van der Waals surface area contributed by atoms with E-state index < -0.39 is 17.7 Å². The highest BCUT2D eigenvalue weighted by Gasteiger charge is 2.20. The number of rotatable bonds is 2. The van der Waals surface area contributed by atoms with Crippen LogP contribution < -0.4 is 5.32 Å². The van der Waals surface area contributed by atoms with Gasteiger partial charge in [-0.2, -0.15) is 0 Å². The van der Waals surface area contributed by atoms with Crippen molar-refractivity contribution in [3.63, 3.8) is 0 Å². The third-order valence-electron chi connectivity index (χ3n) is 2.44. The van der Waals surface area contributed by atoms with E-state index in [0.29, 0.717) is 11.0 Å². The van der Waals surface area contributed by atoms with Crippen molar-refractivity contribution in [1.82, 2.24) is 9.97 Å². The zero-order chi connectivity index (χ0) is 15.6. The number of carboxylic acids is 1. The Morgan fingerprint density at radius 1 is 1.33 bits per heavy atom. The van der Waals surface area contributed by atoms with E-state index in [1.807, 2.05) is 0 Å². The first kappa shape index (κ1) is 14.7. The number of amides is 1. The van der Waals surface area contributed by atoms with Crippen LogP contribution in [0.1, 0.15) is 31.1 Å². The first-order chi connectivity index (χ1) is 9.76. The monoisotopic (exact) mass is 289 g/mol. The van der Waals surface area contributed by atoms with Crippen LogP contribution in [0.25, 0.3) is 11.0 Å². The molecular weight excluding hydrogens is 274 g/mol. The molecule has 0 fully saturated rings. The zero-order valence-electron chi connectivity index (χ0n) is 11.9. The van der Waals surface area contributed by atoms with Crippen LogP contribution in [0.5, 0.6) is 0 Å². The predicted molar refractivity (Wildman–Crippen MR) is 76.4 cm³/mol. The van der Waals surface area contributed by atoms with Gasteiger partial charge in [0.15, 0.2) is 11.5 Å². The van der Waals surface area contributed by atoms with Crippen molar-refractivity contribution in [2.24, 2.45) is 0 Å². The highest BCUT2D eigenvalue weighted by molar-refractivity contribution is 6.00. The van der Waals surface area contributed by atoms with Gasteiger partial charge in [0.1, 0.15) is 11.2 Å². The Bertz CT molecular complexity index is 707. The van der Waals surface area contributed by atoms with Gasteiger partial charge in [0.05, 0.1) is 0 Å². The number of ether oxygens (including phenoxy) is 1. The average Bonchev–Trinajstić information content (AvgIpc) is 2.35. The second kappa shape index (κ2) is 5.35. The second-order valence-corrected chi connectivity index (χ2v) is 5.37. The molecule has 7 heteroatoms. The molecule has 0 aliphatic carbocycles. The summed E-state index contributed by atoms with van der Waals surface area (Å²) in [6, 6.07) is 4.78. The Hall–Kier alpha value is -2.70. The molecule has 2 heterocycles. The summed E-state index contributed by atoms with van der Waals surface area (Å²) in [5, 5.41) is 12.1. The van der Waals surface area contributed by atoms with Gasteiger partial charge >= 0.3 is 12.1 Å². The number of anilines is 1. The van der Waals surface area contributed by atoms with Gasteiger partial charge in [-0.3, -0.25) is 5.32 Å². The number of carboxylic acid groups (broad SMARTS) is 1. The minimum absolute atomic E-state index is 0.0945. The number of fused-ring (bicyclic) bond motifs is 1. The fraction of sp³-hybridized carbons (Fsp3) is 0.286. The lowest BCUT2D eigenvalue weighted by Gasteiger charge is -2.19. The molecule has 7 nitrogen and oxygen atoms in total. The number of aromatic carboxylic acids is 1. The first-order valence-corrected chi connectivity index (χ1v) is 6.25. The molecule has 2 N–H and O–H groups in total. The Morgan fingerprint density at radius 3 is 2.67 bits per heavy atom. The first-order valence-electron chi connectivity index (χ1n) is 6.25. The van der Waals surface area contributed by atoms with Crippen molar-refractivity contribution in [3.05, 3.63) is 30.0 Å². The molecule has 0 atom stereocenters. The van der Waals surface area contributed by atoms with Crippen molar-refractivity contribution in [2.75, 3.05) is 5.32 Å². The van der Waals surface area contributed by atoms with Gasteiger partial charge in [-0.1, -0.05) is 0 Å². The summed E-state index contributed by atoms with van der Waals surface area (Å²) in [6.07, 6.45) is 0.764. The highest BCUT2D eigenvalue weighted by atomic mass is 16.6. The van der Waals surface area contributed by atoms with Crippen molar-refractivity contribution < 1.29 is 19.4 Å². The topological polar surface area (TPSA) is 101 Å². The Balaban J connectivity index is 2.39. The number of pyridine rings is 2. The van der Waals surface area contributed by atoms with Gasteiger partial charge in [-0.15, -0.1) is 0 Å². The molecule has 0 saturated heterocycles.